The molecule has 0 spiro atoms. The van der Waals surface area contributed by atoms with Gasteiger partial charge in [0.1, 0.15) is 5.69 Å². The maximum atomic E-state index is 9.56. The van der Waals surface area contributed by atoms with E-state index in [9.17, 15) is 5.11 Å². The number of aromatic nitrogens is 1. The summed E-state index contributed by atoms with van der Waals surface area (Å²) in [7, 11) is 0. The van der Waals surface area contributed by atoms with Crippen molar-refractivity contribution in [2.24, 2.45) is 16.8 Å². The van der Waals surface area contributed by atoms with Crippen LogP contribution in [0.15, 0.2) is 23.5 Å². The SMILES string of the molecule is CC(O)C1CCN(c2ccc(/C(N)=N/O)nc2)C1. The second kappa shape index (κ2) is 5.22. The van der Waals surface area contributed by atoms with Crippen LogP contribution in [0.4, 0.5) is 5.69 Å². The van der Waals surface area contributed by atoms with E-state index in [-0.39, 0.29) is 11.9 Å². The van der Waals surface area contributed by atoms with Crippen LogP contribution in [-0.2, 0) is 0 Å². The molecule has 2 atom stereocenters. The standard InChI is InChI=1S/C12H18N4O2/c1-8(17)9-4-5-16(7-9)10-2-3-11(14-6-10)12(13)15-18/h2-3,6,8-9,17-18H,4-5,7H2,1H3,(H2,13,15). The normalized spacial score (nSPS) is 22.2. The van der Waals surface area contributed by atoms with Crippen LogP contribution in [0, 0.1) is 5.92 Å². The monoisotopic (exact) mass is 250 g/mol. The first-order chi connectivity index (χ1) is 8.61. The summed E-state index contributed by atoms with van der Waals surface area (Å²) in [6.45, 7) is 3.58. The number of aliphatic hydroxyl groups excluding tert-OH is 1. The summed E-state index contributed by atoms with van der Waals surface area (Å²) in [5, 5.41) is 21.0. The van der Waals surface area contributed by atoms with Crippen molar-refractivity contribution in [1.29, 1.82) is 0 Å². The number of amidine groups is 1. The number of aliphatic hydroxyl groups is 1. The van der Waals surface area contributed by atoms with Crippen molar-refractivity contribution in [1.82, 2.24) is 4.98 Å². The number of rotatable bonds is 3. The molecule has 0 aliphatic carbocycles. The van der Waals surface area contributed by atoms with Gasteiger partial charge in [-0.3, -0.25) is 4.98 Å². The molecule has 2 heterocycles. The maximum absolute atomic E-state index is 9.56. The molecule has 18 heavy (non-hydrogen) atoms. The van der Waals surface area contributed by atoms with E-state index >= 15 is 0 Å². The van der Waals surface area contributed by atoms with Crippen LogP contribution in [0.1, 0.15) is 19.0 Å². The van der Waals surface area contributed by atoms with Crippen molar-refractivity contribution in [2.75, 3.05) is 18.0 Å². The van der Waals surface area contributed by atoms with Gasteiger partial charge in [0.15, 0.2) is 5.84 Å². The Hall–Kier alpha value is -1.82. The van der Waals surface area contributed by atoms with Crippen molar-refractivity contribution in [3.63, 3.8) is 0 Å². The molecule has 1 aromatic heterocycles. The highest BCUT2D eigenvalue weighted by molar-refractivity contribution is 5.95. The van der Waals surface area contributed by atoms with Crippen molar-refractivity contribution in [3.8, 4) is 0 Å². The fourth-order valence-electron chi connectivity index (χ4n) is 2.19. The molecule has 0 amide bonds. The average Bonchev–Trinajstić information content (AvgIpc) is 2.88. The van der Waals surface area contributed by atoms with Gasteiger partial charge in [-0.25, -0.2) is 0 Å². The minimum absolute atomic E-state index is 0.00447. The second-order valence-electron chi connectivity index (χ2n) is 4.62. The zero-order valence-corrected chi connectivity index (χ0v) is 10.3. The van der Waals surface area contributed by atoms with Gasteiger partial charge >= 0.3 is 0 Å². The van der Waals surface area contributed by atoms with Crippen LogP contribution < -0.4 is 10.6 Å². The molecule has 0 radical (unpaired) electrons. The smallest absolute Gasteiger partial charge is 0.188 e. The predicted octanol–water partition coefficient (Wildman–Crippen LogP) is 0.383. The molecular formula is C12H18N4O2. The maximum Gasteiger partial charge on any atom is 0.188 e. The van der Waals surface area contributed by atoms with Gasteiger partial charge in [0.25, 0.3) is 0 Å². The zero-order valence-electron chi connectivity index (χ0n) is 10.3. The van der Waals surface area contributed by atoms with E-state index < -0.39 is 0 Å². The first-order valence-electron chi connectivity index (χ1n) is 5.98. The van der Waals surface area contributed by atoms with Crippen molar-refractivity contribution < 1.29 is 10.3 Å². The van der Waals surface area contributed by atoms with Crippen LogP contribution in [0.2, 0.25) is 0 Å². The third kappa shape index (κ3) is 2.53. The Morgan fingerprint density at radius 3 is 2.89 bits per heavy atom. The van der Waals surface area contributed by atoms with Gasteiger partial charge in [-0.05, 0) is 25.5 Å². The molecule has 2 unspecified atom stereocenters. The summed E-state index contributed by atoms with van der Waals surface area (Å²) in [4.78, 5) is 6.32. The zero-order chi connectivity index (χ0) is 13.1. The summed E-state index contributed by atoms with van der Waals surface area (Å²) >= 11 is 0. The quantitative estimate of drug-likeness (QED) is 0.312. The molecule has 1 fully saturated rings. The Morgan fingerprint density at radius 1 is 1.61 bits per heavy atom. The topological polar surface area (TPSA) is 95.0 Å². The largest absolute Gasteiger partial charge is 0.409 e. The Kier molecular flexibility index (Phi) is 3.66. The predicted molar refractivity (Wildman–Crippen MR) is 68.7 cm³/mol. The van der Waals surface area contributed by atoms with Gasteiger partial charge in [-0.15, -0.1) is 0 Å². The molecular weight excluding hydrogens is 232 g/mol. The van der Waals surface area contributed by atoms with Crippen LogP contribution in [-0.4, -0.2) is 40.3 Å². The Morgan fingerprint density at radius 2 is 2.39 bits per heavy atom. The highest BCUT2D eigenvalue weighted by Crippen LogP contribution is 2.25. The van der Waals surface area contributed by atoms with E-state index in [4.69, 9.17) is 10.9 Å². The Bertz CT molecular complexity index is 430. The number of anilines is 1. The van der Waals surface area contributed by atoms with E-state index in [1.54, 1.807) is 12.3 Å². The van der Waals surface area contributed by atoms with Crippen molar-refractivity contribution >= 4 is 11.5 Å². The first-order valence-corrected chi connectivity index (χ1v) is 5.98. The van der Waals surface area contributed by atoms with E-state index in [0.717, 1.165) is 25.2 Å². The second-order valence-corrected chi connectivity index (χ2v) is 4.62. The molecule has 0 bridgehead atoms. The minimum atomic E-state index is -0.278. The molecule has 1 saturated heterocycles. The highest BCUT2D eigenvalue weighted by atomic mass is 16.4. The first kappa shape index (κ1) is 12.6. The van der Waals surface area contributed by atoms with Gasteiger partial charge in [0.05, 0.1) is 18.0 Å². The third-order valence-corrected chi connectivity index (χ3v) is 3.39. The van der Waals surface area contributed by atoms with Crippen LogP contribution in [0.5, 0.6) is 0 Å². The molecule has 6 nitrogen and oxygen atoms in total. The van der Waals surface area contributed by atoms with Crippen molar-refractivity contribution in [3.05, 3.63) is 24.0 Å². The van der Waals surface area contributed by atoms with Gasteiger partial charge in [-0.2, -0.15) is 0 Å². The van der Waals surface area contributed by atoms with Crippen molar-refractivity contribution in [2.45, 2.75) is 19.4 Å². The van der Waals surface area contributed by atoms with Crippen LogP contribution in [0.25, 0.3) is 0 Å². The number of oxime groups is 1. The molecule has 2 rings (SSSR count). The van der Waals surface area contributed by atoms with Crippen LogP contribution >= 0.6 is 0 Å². The number of nitrogens with zero attached hydrogens (tertiary/aromatic N) is 3. The van der Waals surface area contributed by atoms with E-state index in [1.807, 2.05) is 13.0 Å². The summed E-state index contributed by atoms with van der Waals surface area (Å²) in [5.41, 5.74) is 6.90. The fourth-order valence-corrected chi connectivity index (χ4v) is 2.19. The van der Waals surface area contributed by atoms with Gasteiger partial charge in [0.2, 0.25) is 0 Å². The summed E-state index contributed by atoms with van der Waals surface area (Å²) < 4.78 is 0. The molecule has 4 N–H and O–H groups in total. The lowest BCUT2D eigenvalue weighted by Crippen LogP contribution is -2.24. The van der Waals surface area contributed by atoms with Gasteiger partial charge in [0, 0.05) is 19.0 Å². The summed E-state index contributed by atoms with van der Waals surface area (Å²) in [6, 6.07) is 3.62. The summed E-state index contributed by atoms with van der Waals surface area (Å²) in [5.74, 6) is 0.318. The van der Waals surface area contributed by atoms with E-state index in [2.05, 4.69) is 15.0 Å². The number of hydrogen-bond acceptors (Lipinski definition) is 5. The Labute approximate surface area is 106 Å². The molecule has 1 aliphatic rings. The Balaban J connectivity index is 2.07. The lowest BCUT2D eigenvalue weighted by atomic mass is 10.0. The average molecular weight is 250 g/mol. The molecule has 6 heteroatoms. The van der Waals surface area contributed by atoms with Gasteiger partial charge in [-0.1, -0.05) is 5.16 Å². The molecule has 0 aromatic carbocycles. The fraction of sp³-hybridized carbons (Fsp3) is 0.500. The number of pyridine rings is 1. The number of hydrogen-bond donors (Lipinski definition) is 3. The lowest BCUT2D eigenvalue weighted by Gasteiger charge is -2.19. The highest BCUT2D eigenvalue weighted by Gasteiger charge is 2.26. The molecule has 1 aliphatic heterocycles. The van der Waals surface area contributed by atoms with Gasteiger partial charge < -0.3 is 20.9 Å². The van der Waals surface area contributed by atoms with Crippen LogP contribution in [0.3, 0.4) is 0 Å². The molecule has 0 saturated carbocycles. The van der Waals surface area contributed by atoms with E-state index in [0.29, 0.717) is 11.6 Å². The number of nitrogens with two attached hydrogens (primary N) is 1. The minimum Gasteiger partial charge on any atom is -0.409 e. The summed E-state index contributed by atoms with van der Waals surface area (Å²) in [6.07, 6.45) is 2.41. The third-order valence-electron chi connectivity index (χ3n) is 3.39. The van der Waals surface area contributed by atoms with E-state index in [1.165, 1.54) is 0 Å². The lowest BCUT2D eigenvalue weighted by molar-refractivity contribution is 0.136. The molecule has 1 aromatic rings. The molecule has 98 valence electrons.